The van der Waals surface area contributed by atoms with Crippen LogP contribution >= 0.6 is 0 Å². The Morgan fingerprint density at radius 3 is 2.90 bits per heavy atom. The second-order valence-corrected chi connectivity index (χ2v) is 7.35. The number of hydrogen-bond acceptors (Lipinski definition) is 7. The van der Waals surface area contributed by atoms with Crippen LogP contribution < -0.4 is 10.2 Å². The predicted octanol–water partition coefficient (Wildman–Crippen LogP) is 2.92. The molecule has 3 heterocycles. The fourth-order valence-electron chi connectivity index (χ4n) is 3.67. The first-order valence-corrected chi connectivity index (χ1v) is 10.2. The summed E-state index contributed by atoms with van der Waals surface area (Å²) in [5.41, 5.74) is 1.25. The lowest BCUT2D eigenvalue weighted by Crippen LogP contribution is -2.41. The number of aromatic nitrogens is 3. The number of pyridine rings is 1. The van der Waals surface area contributed by atoms with Crippen LogP contribution in [-0.2, 0) is 9.53 Å². The highest BCUT2D eigenvalue weighted by Crippen LogP contribution is 2.32. The summed E-state index contributed by atoms with van der Waals surface area (Å²) in [7, 11) is 1.61. The zero-order chi connectivity index (χ0) is 21.6. The van der Waals surface area contributed by atoms with Crippen molar-refractivity contribution < 1.29 is 18.4 Å². The molecule has 162 valence electrons. The summed E-state index contributed by atoms with van der Waals surface area (Å²) in [6.07, 6.45) is 3.17. The molecule has 0 atom stereocenters. The smallest absolute Gasteiger partial charge is 0.261 e. The molecule has 0 bridgehead atoms. The second kappa shape index (κ2) is 9.65. The molecule has 9 heteroatoms. The molecule has 8 nitrogen and oxygen atoms in total. The van der Waals surface area contributed by atoms with Crippen molar-refractivity contribution in [2.24, 2.45) is 5.92 Å². The average Bonchev–Trinajstić information content (AvgIpc) is 3.30. The molecule has 31 heavy (non-hydrogen) atoms. The van der Waals surface area contributed by atoms with Crippen LogP contribution in [0.1, 0.15) is 12.8 Å². The van der Waals surface area contributed by atoms with E-state index in [0.717, 1.165) is 18.7 Å². The number of carbonyl (C=O) groups excluding carboxylic acids is 1. The van der Waals surface area contributed by atoms with Gasteiger partial charge in [0, 0.05) is 44.4 Å². The van der Waals surface area contributed by atoms with E-state index in [1.165, 1.54) is 12.1 Å². The van der Waals surface area contributed by atoms with Gasteiger partial charge in [-0.2, -0.15) is 4.98 Å². The Hall–Kier alpha value is -3.33. The van der Waals surface area contributed by atoms with Gasteiger partial charge in [-0.25, -0.2) is 9.37 Å². The monoisotopic (exact) mass is 425 g/mol. The highest BCUT2D eigenvalue weighted by molar-refractivity contribution is 5.79. The van der Waals surface area contributed by atoms with Gasteiger partial charge in [0.2, 0.25) is 11.7 Å². The molecule has 1 aliphatic heterocycles. The Kier molecular flexibility index (Phi) is 6.51. The third-order valence-electron chi connectivity index (χ3n) is 5.30. The SMILES string of the molecule is COCCNC(=O)C1CCN(c2ncccc2-c2nc(-c3cccc(F)c3)no2)CC1. The van der Waals surface area contributed by atoms with Crippen LogP contribution in [0.2, 0.25) is 0 Å². The Morgan fingerprint density at radius 2 is 2.13 bits per heavy atom. The van der Waals surface area contributed by atoms with Crippen LogP contribution in [0.15, 0.2) is 47.1 Å². The Morgan fingerprint density at radius 1 is 1.29 bits per heavy atom. The van der Waals surface area contributed by atoms with Crippen molar-refractivity contribution >= 4 is 11.7 Å². The zero-order valence-corrected chi connectivity index (χ0v) is 17.3. The molecular formula is C22H24FN5O3. The molecule has 4 rings (SSSR count). The van der Waals surface area contributed by atoms with Gasteiger partial charge in [-0.3, -0.25) is 4.79 Å². The maximum absolute atomic E-state index is 13.5. The molecule has 0 radical (unpaired) electrons. The molecule has 1 aromatic carbocycles. The lowest BCUT2D eigenvalue weighted by atomic mass is 9.95. The number of benzene rings is 1. The van der Waals surface area contributed by atoms with Crippen molar-refractivity contribution in [3.05, 3.63) is 48.4 Å². The van der Waals surface area contributed by atoms with Crippen LogP contribution in [0.25, 0.3) is 22.8 Å². The highest BCUT2D eigenvalue weighted by atomic mass is 19.1. The molecular weight excluding hydrogens is 401 g/mol. The van der Waals surface area contributed by atoms with Crippen molar-refractivity contribution in [2.75, 3.05) is 38.3 Å². The molecule has 1 fully saturated rings. The fraction of sp³-hybridized carbons (Fsp3) is 0.364. The van der Waals surface area contributed by atoms with Crippen molar-refractivity contribution in [3.63, 3.8) is 0 Å². The summed E-state index contributed by atoms with van der Waals surface area (Å²) in [6.45, 7) is 2.41. The second-order valence-electron chi connectivity index (χ2n) is 7.35. The molecule has 1 amide bonds. The maximum Gasteiger partial charge on any atom is 0.261 e. The van der Waals surface area contributed by atoms with E-state index in [4.69, 9.17) is 9.26 Å². The lowest BCUT2D eigenvalue weighted by Gasteiger charge is -2.32. The molecule has 0 unspecified atom stereocenters. The van der Waals surface area contributed by atoms with Crippen LogP contribution in [0.4, 0.5) is 10.2 Å². The van der Waals surface area contributed by atoms with Crippen molar-refractivity contribution in [3.8, 4) is 22.8 Å². The number of amides is 1. The van der Waals surface area contributed by atoms with Gasteiger partial charge in [-0.15, -0.1) is 0 Å². The number of methoxy groups -OCH3 is 1. The van der Waals surface area contributed by atoms with Crippen molar-refractivity contribution in [2.45, 2.75) is 12.8 Å². The molecule has 0 spiro atoms. The minimum Gasteiger partial charge on any atom is -0.383 e. The summed E-state index contributed by atoms with van der Waals surface area (Å²) >= 11 is 0. The topological polar surface area (TPSA) is 93.4 Å². The zero-order valence-electron chi connectivity index (χ0n) is 17.3. The van der Waals surface area contributed by atoms with E-state index in [2.05, 4.69) is 25.3 Å². The Bertz CT molecular complexity index is 1030. The molecule has 1 N–H and O–H groups in total. The largest absolute Gasteiger partial charge is 0.383 e. The summed E-state index contributed by atoms with van der Waals surface area (Å²) in [5, 5.41) is 6.91. The third kappa shape index (κ3) is 4.88. The number of hydrogen-bond donors (Lipinski definition) is 1. The molecule has 3 aromatic rings. The van der Waals surface area contributed by atoms with E-state index in [0.29, 0.717) is 49.1 Å². The first-order chi connectivity index (χ1) is 15.2. The fourth-order valence-corrected chi connectivity index (χ4v) is 3.67. The maximum atomic E-state index is 13.5. The van der Waals surface area contributed by atoms with Gasteiger partial charge in [0.05, 0.1) is 12.2 Å². The van der Waals surface area contributed by atoms with Crippen molar-refractivity contribution in [1.29, 1.82) is 0 Å². The first-order valence-electron chi connectivity index (χ1n) is 10.2. The Labute approximate surface area is 179 Å². The summed E-state index contributed by atoms with van der Waals surface area (Å²) in [4.78, 5) is 23.4. The first kappa shape index (κ1) is 20.9. The number of rotatable bonds is 7. The van der Waals surface area contributed by atoms with Crippen molar-refractivity contribution in [1.82, 2.24) is 20.4 Å². The highest BCUT2D eigenvalue weighted by Gasteiger charge is 2.27. The standard InChI is InChI=1S/C22H24FN5O3/c1-30-13-10-25-21(29)15-7-11-28(12-8-15)20-18(6-3-9-24-20)22-26-19(27-31-22)16-4-2-5-17(23)14-16/h2-6,9,14-15H,7-8,10-13H2,1H3,(H,25,29). The lowest BCUT2D eigenvalue weighted by molar-refractivity contribution is -0.125. The quantitative estimate of drug-likeness (QED) is 0.582. The average molecular weight is 425 g/mol. The number of halogens is 1. The van der Waals surface area contributed by atoms with Crippen LogP contribution in [-0.4, -0.2) is 54.4 Å². The minimum atomic E-state index is -0.361. The summed E-state index contributed by atoms with van der Waals surface area (Å²) in [6, 6.07) is 9.73. The van der Waals surface area contributed by atoms with E-state index in [1.54, 1.807) is 31.5 Å². The minimum absolute atomic E-state index is 0.0248. The third-order valence-corrected chi connectivity index (χ3v) is 5.30. The van der Waals surface area contributed by atoms with Gasteiger partial charge in [-0.05, 0) is 37.1 Å². The number of anilines is 1. The molecule has 1 aliphatic rings. The van der Waals surface area contributed by atoms with E-state index < -0.39 is 0 Å². The summed E-state index contributed by atoms with van der Waals surface area (Å²) in [5.74, 6) is 1.05. The number of nitrogens with one attached hydrogen (secondary N) is 1. The summed E-state index contributed by atoms with van der Waals surface area (Å²) < 4.78 is 24.0. The molecule has 0 saturated carbocycles. The predicted molar refractivity (Wildman–Crippen MR) is 113 cm³/mol. The van der Waals surface area contributed by atoms with E-state index in [9.17, 15) is 9.18 Å². The van der Waals surface area contributed by atoms with E-state index in [1.807, 2.05) is 6.07 Å². The van der Waals surface area contributed by atoms with E-state index >= 15 is 0 Å². The molecule has 0 aliphatic carbocycles. The van der Waals surface area contributed by atoms with Gasteiger partial charge < -0.3 is 19.5 Å². The van der Waals surface area contributed by atoms with Crippen LogP contribution in [0, 0.1) is 11.7 Å². The molecule has 2 aromatic heterocycles. The van der Waals surface area contributed by atoms with Gasteiger partial charge in [0.1, 0.15) is 11.6 Å². The van der Waals surface area contributed by atoms with Gasteiger partial charge in [0.15, 0.2) is 0 Å². The van der Waals surface area contributed by atoms with Crippen LogP contribution in [0.5, 0.6) is 0 Å². The van der Waals surface area contributed by atoms with Crippen LogP contribution in [0.3, 0.4) is 0 Å². The van der Waals surface area contributed by atoms with Gasteiger partial charge in [0.25, 0.3) is 5.89 Å². The number of carbonyl (C=O) groups is 1. The number of piperidine rings is 1. The van der Waals surface area contributed by atoms with Gasteiger partial charge in [-0.1, -0.05) is 17.3 Å². The number of nitrogens with zero attached hydrogens (tertiary/aromatic N) is 4. The van der Waals surface area contributed by atoms with E-state index in [-0.39, 0.29) is 17.6 Å². The number of ether oxygens (including phenoxy) is 1. The normalized spacial score (nSPS) is 14.6. The Balaban J connectivity index is 1.47. The van der Waals surface area contributed by atoms with Gasteiger partial charge >= 0.3 is 0 Å². The molecule has 1 saturated heterocycles.